The second-order valence-corrected chi connectivity index (χ2v) is 4.05. The zero-order valence-electron chi connectivity index (χ0n) is 9.67. The third-order valence-electron chi connectivity index (χ3n) is 2.99. The van der Waals surface area contributed by atoms with Gasteiger partial charge in [0.25, 0.3) is 0 Å². The Morgan fingerprint density at radius 3 is 2.71 bits per heavy atom. The molecule has 2 atom stereocenters. The van der Waals surface area contributed by atoms with Crippen molar-refractivity contribution in [3.63, 3.8) is 0 Å². The topological polar surface area (TPSA) is 55.6 Å². The van der Waals surface area contributed by atoms with Crippen molar-refractivity contribution in [2.24, 2.45) is 5.73 Å². The van der Waals surface area contributed by atoms with Crippen molar-refractivity contribution in [2.45, 2.75) is 37.5 Å². The molecule has 0 aromatic rings. The number of rotatable bonds is 4. The van der Waals surface area contributed by atoms with E-state index in [0.29, 0.717) is 12.8 Å². The number of halogens is 3. The lowest BCUT2D eigenvalue weighted by atomic mass is 10.1. The summed E-state index contributed by atoms with van der Waals surface area (Å²) in [7, 11) is 1.18. The zero-order chi connectivity index (χ0) is 13.1. The van der Waals surface area contributed by atoms with Crippen molar-refractivity contribution < 1.29 is 22.7 Å². The highest BCUT2D eigenvalue weighted by atomic mass is 19.4. The Hall–Kier alpha value is -0.820. The van der Waals surface area contributed by atoms with E-state index < -0.39 is 24.2 Å². The Bertz CT molecular complexity index is 271. The SMILES string of the molecule is COC(=O)C1CCCN1C(CCN)C(F)(F)F. The lowest BCUT2D eigenvalue weighted by Gasteiger charge is -2.32. The molecule has 17 heavy (non-hydrogen) atoms. The lowest BCUT2D eigenvalue weighted by molar-refractivity contribution is -0.190. The number of methoxy groups -OCH3 is 1. The summed E-state index contributed by atoms with van der Waals surface area (Å²) in [6, 6.07) is -2.45. The van der Waals surface area contributed by atoms with Crippen LogP contribution in [0, 0.1) is 0 Å². The van der Waals surface area contributed by atoms with Crippen LogP contribution in [0.4, 0.5) is 13.2 Å². The molecule has 0 aromatic carbocycles. The molecule has 1 aliphatic rings. The molecule has 0 radical (unpaired) electrons. The van der Waals surface area contributed by atoms with E-state index in [1.54, 1.807) is 0 Å². The fraction of sp³-hybridized carbons (Fsp3) is 0.900. The molecule has 1 saturated heterocycles. The van der Waals surface area contributed by atoms with Crippen molar-refractivity contribution >= 4 is 5.97 Å². The Morgan fingerprint density at radius 1 is 1.59 bits per heavy atom. The average Bonchev–Trinajstić information content (AvgIpc) is 2.71. The predicted molar refractivity (Wildman–Crippen MR) is 55.3 cm³/mol. The van der Waals surface area contributed by atoms with E-state index in [1.807, 2.05) is 0 Å². The van der Waals surface area contributed by atoms with Crippen LogP contribution in [0.3, 0.4) is 0 Å². The van der Waals surface area contributed by atoms with E-state index in [2.05, 4.69) is 4.74 Å². The molecule has 2 N–H and O–H groups in total. The fourth-order valence-electron chi connectivity index (χ4n) is 2.23. The maximum Gasteiger partial charge on any atom is 0.404 e. The maximum absolute atomic E-state index is 12.9. The number of hydrogen-bond donors (Lipinski definition) is 1. The average molecular weight is 254 g/mol. The molecule has 0 aliphatic carbocycles. The van der Waals surface area contributed by atoms with Gasteiger partial charge in [-0.3, -0.25) is 9.69 Å². The molecule has 0 amide bonds. The van der Waals surface area contributed by atoms with Gasteiger partial charge < -0.3 is 10.5 Å². The first-order chi connectivity index (χ1) is 7.91. The number of alkyl halides is 3. The van der Waals surface area contributed by atoms with Crippen LogP contribution in [0.1, 0.15) is 19.3 Å². The molecular formula is C10H17F3N2O2. The molecule has 0 aromatic heterocycles. The summed E-state index contributed by atoms with van der Waals surface area (Å²) in [6.45, 7) is 0.193. The summed E-state index contributed by atoms with van der Waals surface area (Å²) in [6.07, 6.45) is -3.59. The maximum atomic E-state index is 12.9. The van der Waals surface area contributed by atoms with Gasteiger partial charge in [-0.1, -0.05) is 0 Å². The Morgan fingerprint density at radius 2 is 2.24 bits per heavy atom. The molecule has 0 saturated carbocycles. The van der Waals surface area contributed by atoms with Gasteiger partial charge in [-0.25, -0.2) is 0 Å². The lowest BCUT2D eigenvalue weighted by Crippen LogP contribution is -2.51. The van der Waals surface area contributed by atoms with Crippen molar-refractivity contribution in [3.05, 3.63) is 0 Å². The quantitative estimate of drug-likeness (QED) is 0.757. The van der Waals surface area contributed by atoms with Gasteiger partial charge in [-0.05, 0) is 32.4 Å². The molecule has 1 fully saturated rings. The first-order valence-electron chi connectivity index (χ1n) is 5.52. The highest BCUT2D eigenvalue weighted by molar-refractivity contribution is 5.76. The van der Waals surface area contributed by atoms with Gasteiger partial charge in [-0.15, -0.1) is 0 Å². The third-order valence-corrected chi connectivity index (χ3v) is 2.99. The minimum Gasteiger partial charge on any atom is -0.468 e. The van der Waals surface area contributed by atoms with Gasteiger partial charge in [0.15, 0.2) is 0 Å². The van der Waals surface area contributed by atoms with Gasteiger partial charge in [0, 0.05) is 0 Å². The van der Waals surface area contributed by atoms with Crippen LogP contribution in [0.2, 0.25) is 0 Å². The van der Waals surface area contributed by atoms with E-state index in [4.69, 9.17) is 5.73 Å². The van der Waals surface area contributed by atoms with Crippen molar-refractivity contribution in [1.82, 2.24) is 4.90 Å². The number of esters is 1. The van der Waals surface area contributed by atoms with E-state index >= 15 is 0 Å². The van der Waals surface area contributed by atoms with E-state index in [-0.39, 0.29) is 19.5 Å². The van der Waals surface area contributed by atoms with Crippen LogP contribution in [0.15, 0.2) is 0 Å². The van der Waals surface area contributed by atoms with Crippen LogP contribution >= 0.6 is 0 Å². The Balaban J connectivity index is 2.82. The molecule has 0 spiro atoms. The summed E-state index contributed by atoms with van der Waals surface area (Å²) in [5, 5.41) is 0. The highest BCUT2D eigenvalue weighted by Crippen LogP contribution is 2.32. The molecule has 2 unspecified atom stereocenters. The van der Waals surface area contributed by atoms with Gasteiger partial charge >= 0.3 is 12.1 Å². The monoisotopic (exact) mass is 254 g/mol. The molecule has 1 heterocycles. The summed E-state index contributed by atoms with van der Waals surface area (Å²) in [4.78, 5) is 12.6. The van der Waals surface area contributed by atoms with Gasteiger partial charge in [-0.2, -0.15) is 13.2 Å². The second kappa shape index (κ2) is 5.68. The normalized spacial score (nSPS) is 23.7. The first kappa shape index (κ1) is 14.2. The number of carbonyl (C=O) groups is 1. The van der Waals surface area contributed by atoms with E-state index in [9.17, 15) is 18.0 Å². The number of nitrogens with zero attached hydrogens (tertiary/aromatic N) is 1. The molecule has 4 nitrogen and oxygen atoms in total. The molecule has 1 aliphatic heterocycles. The minimum absolute atomic E-state index is 0.0609. The number of carbonyl (C=O) groups excluding carboxylic acids is 1. The minimum atomic E-state index is -4.37. The number of nitrogens with two attached hydrogens (primary N) is 1. The third kappa shape index (κ3) is 3.32. The number of hydrogen-bond acceptors (Lipinski definition) is 4. The van der Waals surface area contributed by atoms with E-state index in [0.717, 1.165) is 0 Å². The van der Waals surface area contributed by atoms with Crippen molar-refractivity contribution in [2.75, 3.05) is 20.2 Å². The summed E-state index contributed by atoms with van der Waals surface area (Å²) >= 11 is 0. The second-order valence-electron chi connectivity index (χ2n) is 4.05. The molecule has 1 rings (SSSR count). The van der Waals surface area contributed by atoms with Gasteiger partial charge in [0.05, 0.1) is 7.11 Å². The first-order valence-corrected chi connectivity index (χ1v) is 5.52. The van der Waals surface area contributed by atoms with Gasteiger partial charge in [0.2, 0.25) is 0 Å². The molecule has 7 heteroatoms. The molecule has 100 valence electrons. The van der Waals surface area contributed by atoms with E-state index in [1.165, 1.54) is 12.0 Å². The van der Waals surface area contributed by atoms with Crippen LogP contribution in [-0.4, -0.2) is 49.3 Å². The largest absolute Gasteiger partial charge is 0.468 e. The smallest absolute Gasteiger partial charge is 0.404 e. The molecular weight excluding hydrogens is 237 g/mol. The zero-order valence-corrected chi connectivity index (χ0v) is 9.67. The fourth-order valence-corrected chi connectivity index (χ4v) is 2.23. The standard InChI is InChI=1S/C10H17F3N2O2/c1-17-9(16)7-3-2-6-15(7)8(4-5-14)10(11,12)13/h7-8H,2-6,14H2,1H3. The van der Waals surface area contributed by atoms with Crippen molar-refractivity contribution in [1.29, 1.82) is 0 Å². The van der Waals surface area contributed by atoms with Crippen LogP contribution in [-0.2, 0) is 9.53 Å². The summed E-state index contributed by atoms with van der Waals surface area (Å²) in [5.74, 6) is -0.603. The van der Waals surface area contributed by atoms with Crippen LogP contribution in [0.5, 0.6) is 0 Å². The van der Waals surface area contributed by atoms with Gasteiger partial charge in [0.1, 0.15) is 12.1 Å². The Kier molecular flexibility index (Phi) is 4.76. The number of likely N-dealkylation sites (tertiary alicyclic amines) is 1. The summed E-state index contributed by atoms with van der Waals surface area (Å²) in [5.41, 5.74) is 5.20. The number of ether oxygens (including phenoxy) is 1. The highest BCUT2D eigenvalue weighted by Gasteiger charge is 2.48. The van der Waals surface area contributed by atoms with Crippen LogP contribution in [0.25, 0.3) is 0 Å². The summed E-state index contributed by atoms with van der Waals surface area (Å²) < 4.78 is 43.1. The predicted octanol–water partition coefficient (Wildman–Crippen LogP) is 0.903. The Labute approximate surface area is 97.9 Å². The molecule has 0 bridgehead atoms. The van der Waals surface area contributed by atoms with Crippen LogP contribution < -0.4 is 5.73 Å². The van der Waals surface area contributed by atoms with Crippen molar-refractivity contribution in [3.8, 4) is 0 Å².